The normalized spacial score (nSPS) is 12.6. The van der Waals surface area contributed by atoms with Crippen LogP contribution in [0.1, 0.15) is 13.3 Å². The average molecular weight is 277 g/mol. The molecular formula is C10H15NO4S2. The third kappa shape index (κ3) is 3.19. The Morgan fingerprint density at radius 2 is 1.76 bits per heavy atom. The van der Waals surface area contributed by atoms with E-state index in [0.717, 1.165) is 6.26 Å². The average Bonchev–Trinajstić information content (AvgIpc) is 2.15. The predicted octanol–water partition coefficient (Wildman–Crippen LogP) is 0.856. The standard InChI is InChI=1S/C10H15NO4S2/c1-3-6-17(14,15)10-5-4-8(7-9(10)11)16(2,12)13/h4-5,7H,3,6,11H2,1-2H3. The van der Waals surface area contributed by atoms with Crippen LogP contribution in [-0.2, 0) is 19.7 Å². The zero-order valence-electron chi connectivity index (χ0n) is 9.67. The van der Waals surface area contributed by atoms with Crippen LogP contribution in [0.3, 0.4) is 0 Å². The summed E-state index contributed by atoms with van der Waals surface area (Å²) in [6, 6.07) is 3.68. The summed E-state index contributed by atoms with van der Waals surface area (Å²) in [5, 5.41) is 0. The summed E-state index contributed by atoms with van der Waals surface area (Å²) in [6.45, 7) is 1.75. The molecule has 0 amide bonds. The van der Waals surface area contributed by atoms with E-state index in [1.807, 2.05) is 0 Å². The molecule has 0 radical (unpaired) electrons. The Morgan fingerprint density at radius 3 is 2.18 bits per heavy atom. The van der Waals surface area contributed by atoms with E-state index >= 15 is 0 Å². The Morgan fingerprint density at radius 1 is 1.18 bits per heavy atom. The van der Waals surface area contributed by atoms with Crippen molar-refractivity contribution in [1.82, 2.24) is 0 Å². The molecule has 0 saturated heterocycles. The molecule has 0 aliphatic rings. The van der Waals surface area contributed by atoms with Crippen molar-refractivity contribution in [1.29, 1.82) is 0 Å². The number of anilines is 1. The van der Waals surface area contributed by atoms with Crippen molar-refractivity contribution >= 4 is 25.4 Å². The van der Waals surface area contributed by atoms with Gasteiger partial charge in [-0.05, 0) is 24.6 Å². The number of hydrogen-bond donors (Lipinski definition) is 1. The third-order valence-corrected chi connectivity index (χ3v) is 5.32. The van der Waals surface area contributed by atoms with Crippen LogP contribution < -0.4 is 5.73 Å². The zero-order chi connectivity index (χ0) is 13.3. The van der Waals surface area contributed by atoms with E-state index in [1.165, 1.54) is 18.2 Å². The van der Waals surface area contributed by atoms with Gasteiger partial charge in [-0.2, -0.15) is 0 Å². The first-order chi connectivity index (χ1) is 7.68. The van der Waals surface area contributed by atoms with Crippen LogP contribution in [0.15, 0.2) is 28.0 Å². The zero-order valence-corrected chi connectivity index (χ0v) is 11.3. The molecule has 0 saturated carbocycles. The SMILES string of the molecule is CCCS(=O)(=O)c1ccc(S(C)(=O)=O)cc1N. The van der Waals surface area contributed by atoms with Gasteiger partial charge in [0.15, 0.2) is 19.7 Å². The quantitative estimate of drug-likeness (QED) is 0.823. The van der Waals surface area contributed by atoms with Crippen molar-refractivity contribution in [3.05, 3.63) is 18.2 Å². The number of benzene rings is 1. The highest BCUT2D eigenvalue weighted by atomic mass is 32.2. The lowest BCUT2D eigenvalue weighted by Crippen LogP contribution is -2.10. The highest BCUT2D eigenvalue weighted by Gasteiger charge is 2.18. The summed E-state index contributed by atoms with van der Waals surface area (Å²) in [6.07, 6.45) is 1.53. The van der Waals surface area contributed by atoms with Gasteiger partial charge < -0.3 is 5.73 Å². The number of hydrogen-bond acceptors (Lipinski definition) is 5. The molecule has 0 atom stereocenters. The van der Waals surface area contributed by atoms with Crippen LogP contribution in [0.2, 0.25) is 0 Å². The molecule has 0 bridgehead atoms. The van der Waals surface area contributed by atoms with Gasteiger partial charge in [-0.15, -0.1) is 0 Å². The second-order valence-electron chi connectivity index (χ2n) is 3.79. The van der Waals surface area contributed by atoms with Crippen molar-refractivity contribution in [3.8, 4) is 0 Å². The van der Waals surface area contributed by atoms with E-state index in [1.54, 1.807) is 6.92 Å². The van der Waals surface area contributed by atoms with Crippen molar-refractivity contribution in [2.75, 3.05) is 17.7 Å². The molecule has 1 aromatic carbocycles. The van der Waals surface area contributed by atoms with Crippen LogP contribution in [0.25, 0.3) is 0 Å². The topological polar surface area (TPSA) is 94.3 Å². The van der Waals surface area contributed by atoms with Gasteiger partial charge in [0.2, 0.25) is 0 Å². The van der Waals surface area contributed by atoms with Crippen LogP contribution in [0, 0.1) is 0 Å². The number of sulfone groups is 2. The van der Waals surface area contributed by atoms with E-state index in [4.69, 9.17) is 5.73 Å². The fourth-order valence-electron chi connectivity index (χ4n) is 1.42. The minimum Gasteiger partial charge on any atom is -0.398 e. The lowest BCUT2D eigenvalue weighted by Gasteiger charge is -2.07. The van der Waals surface area contributed by atoms with Gasteiger partial charge in [-0.1, -0.05) is 6.92 Å². The van der Waals surface area contributed by atoms with E-state index in [-0.39, 0.29) is 21.2 Å². The summed E-state index contributed by atoms with van der Waals surface area (Å²) in [7, 11) is -6.80. The molecule has 7 heteroatoms. The molecule has 0 aromatic heterocycles. The molecule has 0 heterocycles. The van der Waals surface area contributed by atoms with E-state index in [2.05, 4.69) is 0 Å². The first-order valence-electron chi connectivity index (χ1n) is 5.01. The molecule has 2 N–H and O–H groups in total. The first-order valence-corrected chi connectivity index (χ1v) is 8.55. The fraction of sp³-hybridized carbons (Fsp3) is 0.400. The van der Waals surface area contributed by atoms with Gasteiger partial charge in [-0.3, -0.25) is 0 Å². The molecule has 1 aromatic rings. The van der Waals surface area contributed by atoms with Crippen molar-refractivity contribution in [2.24, 2.45) is 0 Å². The van der Waals surface area contributed by atoms with Crippen molar-refractivity contribution in [2.45, 2.75) is 23.1 Å². The summed E-state index contributed by atoms with van der Waals surface area (Å²) in [5.74, 6) is -0.00454. The second kappa shape index (κ2) is 4.66. The maximum Gasteiger partial charge on any atom is 0.180 e. The molecule has 1 rings (SSSR count). The molecule has 0 aliphatic heterocycles. The molecule has 0 unspecified atom stereocenters. The Hall–Kier alpha value is -1.08. The maximum atomic E-state index is 11.8. The van der Waals surface area contributed by atoms with Crippen LogP contribution >= 0.6 is 0 Å². The highest BCUT2D eigenvalue weighted by molar-refractivity contribution is 7.91. The van der Waals surface area contributed by atoms with Gasteiger partial charge in [0.1, 0.15) is 0 Å². The Bertz CT molecular complexity index is 618. The largest absolute Gasteiger partial charge is 0.398 e. The van der Waals surface area contributed by atoms with E-state index in [0.29, 0.717) is 6.42 Å². The maximum absolute atomic E-state index is 11.8. The molecule has 0 spiro atoms. The minimum atomic E-state index is -3.42. The van der Waals surface area contributed by atoms with Crippen LogP contribution in [0.4, 0.5) is 5.69 Å². The molecule has 96 valence electrons. The van der Waals surface area contributed by atoms with Crippen molar-refractivity contribution < 1.29 is 16.8 Å². The molecule has 0 aliphatic carbocycles. The van der Waals surface area contributed by atoms with Gasteiger partial charge in [0.05, 0.1) is 21.2 Å². The Balaban J connectivity index is 3.34. The molecule has 17 heavy (non-hydrogen) atoms. The van der Waals surface area contributed by atoms with Gasteiger partial charge >= 0.3 is 0 Å². The van der Waals surface area contributed by atoms with Crippen LogP contribution in [-0.4, -0.2) is 28.8 Å². The Kier molecular flexibility index (Phi) is 3.83. The van der Waals surface area contributed by atoms with Gasteiger partial charge in [0.25, 0.3) is 0 Å². The number of nitrogens with two attached hydrogens (primary N) is 1. The van der Waals surface area contributed by atoms with E-state index < -0.39 is 19.7 Å². The second-order valence-corrected chi connectivity index (χ2v) is 7.88. The molecule has 5 nitrogen and oxygen atoms in total. The van der Waals surface area contributed by atoms with E-state index in [9.17, 15) is 16.8 Å². The minimum absolute atomic E-state index is 0.00454. The van der Waals surface area contributed by atoms with Crippen molar-refractivity contribution in [3.63, 3.8) is 0 Å². The first kappa shape index (κ1) is 14.0. The van der Waals surface area contributed by atoms with Gasteiger partial charge in [-0.25, -0.2) is 16.8 Å². The fourth-order valence-corrected chi connectivity index (χ4v) is 3.53. The monoisotopic (exact) mass is 277 g/mol. The highest BCUT2D eigenvalue weighted by Crippen LogP contribution is 2.23. The summed E-state index contributed by atoms with van der Waals surface area (Å²) in [5.41, 5.74) is 5.56. The number of rotatable bonds is 4. The predicted molar refractivity (Wildman–Crippen MR) is 66.3 cm³/mol. The summed E-state index contributed by atoms with van der Waals surface area (Å²) in [4.78, 5) is 0.0113. The summed E-state index contributed by atoms with van der Waals surface area (Å²) >= 11 is 0. The third-order valence-electron chi connectivity index (χ3n) is 2.22. The molecule has 0 fully saturated rings. The Labute approximate surface area is 101 Å². The smallest absolute Gasteiger partial charge is 0.180 e. The summed E-state index contributed by atoms with van der Waals surface area (Å²) < 4.78 is 46.1. The molecular weight excluding hydrogens is 262 g/mol. The van der Waals surface area contributed by atoms with Crippen LogP contribution in [0.5, 0.6) is 0 Å². The lowest BCUT2D eigenvalue weighted by atomic mass is 10.3. The lowest BCUT2D eigenvalue weighted by molar-refractivity contribution is 0.593. The van der Waals surface area contributed by atoms with Gasteiger partial charge in [0, 0.05) is 6.26 Å². The number of nitrogen functional groups attached to an aromatic ring is 1.